The van der Waals surface area contributed by atoms with Crippen LogP contribution in [0.4, 0.5) is 0 Å². The van der Waals surface area contributed by atoms with E-state index in [1.807, 2.05) is 24.3 Å². The molecule has 0 saturated heterocycles. The number of hydrogen-bond donors (Lipinski definition) is 1. The molecule has 3 heteroatoms. The number of ether oxygens (including phenoxy) is 1. The number of rotatable bonds is 5. The molecule has 15 heavy (non-hydrogen) atoms. The van der Waals surface area contributed by atoms with Gasteiger partial charge in [-0.25, -0.2) is 0 Å². The molecular formula is C12H17NO2. The molecular weight excluding hydrogens is 190 g/mol. The highest BCUT2D eigenvalue weighted by molar-refractivity contribution is 5.75. The van der Waals surface area contributed by atoms with Gasteiger partial charge in [-0.3, -0.25) is 4.79 Å². The van der Waals surface area contributed by atoms with Crippen LogP contribution in [0.1, 0.15) is 18.4 Å². The van der Waals surface area contributed by atoms with Crippen LogP contribution in [0.5, 0.6) is 5.75 Å². The van der Waals surface area contributed by atoms with Crippen molar-refractivity contribution in [2.45, 2.75) is 19.3 Å². The maximum Gasteiger partial charge on any atom is 0.219 e. The summed E-state index contributed by atoms with van der Waals surface area (Å²) in [6, 6.07) is 7.94. The van der Waals surface area contributed by atoms with Crippen LogP contribution in [-0.2, 0) is 11.2 Å². The van der Waals surface area contributed by atoms with E-state index < -0.39 is 0 Å². The SMILES string of the molecule is CNC(=O)CCCc1ccc(OC)cc1. The normalized spacial score (nSPS) is 9.73. The van der Waals surface area contributed by atoms with E-state index in [0.29, 0.717) is 6.42 Å². The maximum absolute atomic E-state index is 11.0. The number of carbonyl (C=O) groups is 1. The van der Waals surface area contributed by atoms with E-state index in [1.165, 1.54) is 5.56 Å². The Hall–Kier alpha value is -1.51. The fourth-order valence-corrected chi connectivity index (χ4v) is 1.37. The molecule has 0 aliphatic carbocycles. The van der Waals surface area contributed by atoms with E-state index in [9.17, 15) is 4.79 Å². The highest BCUT2D eigenvalue weighted by Gasteiger charge is 1.99. The second-order valence-electron chi connectivity index (χ2n) is 3.37. The van der Waals surface area contributed by atoms with Crippen molar-refractivity contribution in [1.29, 1.82) is 0 Å². The average molecular weight is 207 g/mol. The average Bonchev–Trinajstić information content (AvgIpc) is 2.29. The smallest absolute Gasteiger partial charge is 0.219 e. The van der Waals surface area contributed by atoms with Crippen molar-refractivity contribution in [2.24, 2.45) is 0 Å². The van der Waals surface area contributed by atoms with Gasteiger partial charge in [-0.2, -0.15) is 0 Å². The minimum absolute atomic E-state index is 0.100. The summed E-state index contributed by atoms with van der Waals surface area (Å²) in [6.07, 6.45) is 2.39. The van der Waals surface area contributed by atoms with Crippen LogP contribution < -0.4 is 10.1 Å². The van der Waals surface area contributed by atoms with Crippen molar-refractivity contribution >= 4 is 5.91 Å². The predicted molar refractivity (Wildman–Crippen MR) is 60.0 cm³/mol. The number of nitrogens with one attached hydrogen (secondary N) is 1. The van der Waals surface area contributed by atoms with Gasteiger partial charge in [0.1, 0.15) is 5.75 Å². The first-order valence-corrected chi connectivity index (χ1v) is 5.09. The van der Waals surface area contributed by atoms with Crippen molar-refractivity contribution in [3.63, 3.8) is 0 Å². The summed E-state index contributed by atoms with van der Waals surface area (Å²) < 4.78 is 5.07. The van der Waals surface area contributed by atoms with Crippen molar-refractivity contribution < 1.29 is 9.53 Å². The number of benzene rings is 1. The molecule has 1 N–H and O–H groups in total. The fourth-order valence-electron chi connectivity index (χ4n) is 1.37. The predicted octanol–water partition coefficient (Wildman–Crippen LogP) is 1.76. The molecule has 0 radical (unpaired) electrons. The van der Waals surface area contributed by atoms with E-state index >= 15 is 0 Å². The topological polar surface area (TPSA) is 38.3 Å². The van der Waals surface area contributed by atoms with Gasteiger partial charge in [0, 0.05) is 13.5 Å². The standard InChI is InChI=1S/C12H17NO2/c1-13-12(14)5-3-4-10-6-8-11(15-2)9-7-10/h6-9H,3-5H2,1-2H3,(H,13,14). The molecule has 0 aromatic heterocycles. The highest BCUT2D eigenvalue weighted by atomic mass is 16.5. The Balaban J connectivity index is 2.34. The van der Waals surface area contributed by atoms with Crippen molar-refractivity contribution in [1.82, 2.24) is 5.32 Å². The summed E-state index contributed by atoms with van der Waals surface area (Å²) in [5.74, 6) is 0.966. The van der Waals surface area contributed by atoms with Gasteiger partial charge >= 0.3 is 0 Å². The summed E-state index contributed by atoms with van der Waals surface area (Å²) in [7, 11) is 3.32. The molecule has 0 spiro atoms. The third-order valence-corrected chi connectivity index (χ3v) is 2.31. The Bertz CT molecular complexity index is 306. The molecule has 1 rings (SSSR count). The van der Waals surface area contributed by atoms with Gasteiger partial charge in [-0.15, -0.1) is 0 Å². The monoisotopic (exact) mass is 207 g/mol. The first-order valence-electron chi connectivity index (χ1n) is 5.09. The lowest BCUT2D eigenvalue weighted by molar-refractivity contribution is -0.120. The Kier molecular flexibility index (Phi) is 4.68. The summed E-state index contributed by atoms with van der Waals surface area (Å²) in [6.45, 7) is 0. The third-order valence-electron chi connectivity index (χ3n) is 2.31. The maximum atomic E-state index is 11.0. The quantitative estimate of drug-likeness (QED) is 0.799. The Morgan fingerprint density at radius 1 is 1.33 bits per heavy atom. The van der Waals surface area contributed by atoms with Crippen LogP contribution in [0, 0.1) is 0 Å². The zero-order valence-electron chi connectivity index (χ0n) is 9.25. The second kappa shape index (κ2) is 6.06. The van der Waals surface area contributed by atoms with E-state index in [-0.39, 0.29) is 5.91 Å². The van der Waals surface area contributed by atoms with Gasteiger partial charge in [0.25, 0.3) is 0 Å². The lowest BCUT2D eigenvalue weighted by atomic mass is 10.1. The minimum atomic E-state index is 0.100. The third kappa shape index (κ3) is 4.02. The minimum Gasteiger partial charge on any atom is -0.497 e. The van der Waals surface area contributed by atoms with Gasteiger partial charge in [-0.1, -0.05) is 12.1 Å². The van der Waals surface area contributed by atoms with Gasteiger partial charge in [0.05, 0.1) is 7.11 Å². The van der Waals surface area contributed by atoms with E-state index in [4.69, 9.17) is 4.74 Å². The van der Waals surface area contributed by atoms with Crippen molar-refractivity contribution in [2.75, 3.05) is 14.2 Å². The molecule has 0 heterocycles. The van der Waals surface area contributed by atoms with Crippen molar-refractivity contribution in [3.05, 3.63) is 29.8 Å². The fraction of sp³-hybridized carbons (Fsp3) is 0.417. The first-order chi connectivity index (χ1) is 7.26. The summed E-state index contributed by atoms with van der Waals surface area (Å²) >= 11 is 0. The second-order valence-corrected chi connectivity index (χ2v) is 3.37. The van der Waals surface area contributed by atoms with E-state index in [1.54, 1.807) is 14.2 Å². The molecule has 0 saturated carbocycles. The molecule has 1 amide bonds. The van der Waals surface area contributed by atoms with Crippen molar-refractivity contribution in [3.8, 4) is 5.75 Å². The van der Waals surface area contributed by atoms with Crippen LogP contribution in [0.2, 0.25) is 0 Å². The zero-order valence-corrected chi connectivity index (χ0v) is 9.25. The van der Waals surface area contributed by atoms with Gasteiger partial charge in [0.15, 0.2) is 0 Å². The highest BCUT2D eigenvalue weighted by Crippen LogP contribution is 2.12. The van der Waals surface area contributed by atoms with Crippen LogP contribution >= 0.6 is 0 Å². The van der Waals surface area contributed by atoms with Gasteiger partial charge in [-0.05, 0) is 30.5 Å². The summed E-state index contributed by atoms with van der Waals surface area (Å²) in [5.41, 5.74) is 1.24. The van der Waals surface area contributed by atoms with Gasteiger partial charge < -0.3 is 10.1 Å². The Morgan fingerprint density at radius 3 is 2.53 bits per heavy atom. The Labute approximate surface area is 90.4 Å². The molecule has 0 fully saturated rings. The molecule has 0 unspecified atom stereocenters. The number of hydrogen-bond acceptors (Lipinski definition) is 2. The summed E-state index contributed by atoms with van der Waals surface area (Å²) in [4.78, 5) is 11.0. The molecule has 0 aliphatic heterocycles. The largest absolute Gasteiger partial charge is 0.497 e. The number of aryl methyl sites for hydroxylation is 1. The number of carbonyl (C=O) groups excluding carboxylic acids is 1. The molecule has 0 aliphatic rings. The van der Waals surface area contributed by atoms with Gasteiger partial charge in [0.2, 0.25) is 5.91 Å². The molecule has 82 valence electrons. The lowest BCUT2D eigenvalue weighted by Crippen LogP contribution is -2.17. The molecule has 0 atom stereocenters. The molecule has 0 bridgehead atoms. The van der Waals surface area contributed by atoms with Crippen LogP contribution in [0.3, 0.4) is 0 Å². The Morgan fingerprint density at radius 2 is 2.00 bits per heavy atom. The van der Waals surface area contributed by atoms with Crippen LogP contribution in [0.15, 0.2) is 24.3 Å². The zero-order chi connectivity index (χ0) is 11.1. The van der Waals surface area contributed by atoms with E-state index in [0.717, 1.165) is 18.6 Å². The molecule has 1 aromatic rings. The first kappa shape index (κ1) is 11.6. The number of methoxy groups -OCH3 is 1. The molecule has 1 aromatic carbocycles. The lowest BCUT2D eigenvalue weighted by Gasteiger charge is -2.03. The number of amides is 1. The molecule has 3 nitrogen and oxygen atoms in total. The van der Waals surface area contributed by atoms with Crippen LogP contribution in [0.25, 0.3) is 0 Å². The van der Waals surface area contributed by atoms with E-state index in [2.05, 4.69) is 5.32 Å². The van der Waals surface area contributed by atoms with Crippen LogP contribution in [-0.4, -0.2) is 20.1 Å². The summed E-state index contributed by atoms with van der Waals surface area (Å²) in [5, 5.41) is 2.61.